The van der Waals surface area contributed by atoms with Crippen molar-refractivity contribution < 1.29 is 0 Å². The summed E-state index contributed by atoms with van der Waals surface area (Å²) in [6.07, 6.45) is 3.65. The first-order valence-corrected chi connectivity index (χ1v) is 5.28. The Balaban J connectivity index is 2.29. The number of H-pyrrole nitrogens is 1. The van der Waals surface area contributed by atoms with E-state index in [-0.39, 0.29) is 0 Å². The van der Waals surface area contributed by atoms with E-state index in [9.17, 15) is 0 Å². The van der Waals surface area contributed by atoms with Gasteiger partial charge in [-0.05, 0) is 24.3 Å². The molecule has 0 amide bonds. The van der Waals surface area contributed by atoms with E-state index in [1.54, 1.807) is 6.20 Å². The van der Waals surface area contributed by atoms with Crippen LogP contribution in [0.25, 0.3) is 22.2 Å². The highest BCUT2D eigenvalue weighted by molar-refractivity contribution is 5.87. The standard InChI is InChI=1S/C13H10N4/c1-17-12-3-2-9(6-14)4-10(12)5-13(17)11-7-15-16-8-11/h2-5,7-8H,1H3,(H,15,16). The Morgan fingerprint density at radius 3 is 2.94 bits per heavy atom. The van der Waals surface area contributed by atoms with Gasteiger partial charge < -0.3 is 4.57 Å². The summed E-state index contributed by atoms with van der Waals surface area (Å²) in [5, 5.41) is 16.7. The number of aromatic amines is 1. The van der Waals surface area contributed by atoms with Crippen molar-refractivity contribution in [3.63, 3.8) is 0 Å². The number of fused-ring (bicyclic) bond motifs is 1. The van der Waals surface area contributed by atoms with Gasteiger partial charge in [-0.1, -0.05) is 0 Å². The summed E-state index contributed by atoms with van der Waals surface area (Å²) in [4.78, 5) is 0. The number of hydrogen-bond donors (Lipinski definition) is 1. The lowest BCUT2D eigenvalue weighted by Crippen LogP contribution is -1.89. The first kappa shape index (κ1) is 9.67. The minimum atomic E-state index is 0.682. The third-order valence-corrected chi connectivity index (χ3v) is 2.97. The van der Waals surface area contributed by atoms with Crippen LogP contribution in [0.4, 0.5) is 0 Å². The van der Waals surface area contributed by atoms with Crippen molar-refractivity contribution in [3.8, 4) is 17.3 Å². The molecule has 3 rings (SSSR count). The van der Waals surface area contributed by atoms with Crippen LogP contribution in [-0.2, 0) is 7.05 Å². The number of nitrogens with one attached hydrogen (secondary N) is 1. The molecule has 0 bridgehead atoms. The molecule has 3 aromatic rings. The van der Waals surface area contributed by atoms with Gasteiger partial charge >= 0.3 is 0 Å². The first-order chi connectivity index (χ1) is 8.29. The Morgan fingerprint density at radius 2 is 2.24 bits per heavy atom. The summed E-state index contributed by atoms with van der Waals surface area (Å²) < 4.78 is 2.10. The quantitative estimate of drug-likeness (QED) is 0.687. The van der Waals surface area contributed by atoms with Crippen LogP contribution in [0, 0.1) is 11.3 Å². The van der Waals surface area contributed by atoms with Gasteiger partial charge in [-0.3, -0.25) is 5.10 Å². The van der Waals surface area contributed by atoms with E-state index in [0.717, 1.165) is 22.2 Å². The monoisotopic (exact) mass is 222 g/mol. The third kappa shape index (κ3) is 1.41. The second kappa shape index (κ2) is 3.49. The third-order valence-electron chi connectivity index (χ3n) is 2.97. The van der Waals surface area contributed by atoms with Gasteiger partial charge in [-0.2, -0.15) is 10.4 Å². The normalized spacial score (nSPS) is 10.6. The predicted molar refractivity (Wildman–Crippen MR) is 65.2 cm³/mol. The fraction of sp³-hybridized carbons (Fsp3) is 0.0769. The number of aryl methyl sites for hydroxylation is 1. The number of nitrogens with zero attached hydrogens (tertiary/aromatic N) is 3. The van der Waals surface area contributed by atoms with Crippen molar-refractivity contribution in [2.45, 2.75) is 0 Å². The zero-order valence-corrected chi connectivity index (χ0v) is 9.31. The molecule has 0 fully saturated rings. The maximum absolute atomic E-state index is 8.89. The molecule has 0 saturated carbocycles. The van der Waals surface area contributed by atoms with Crippen LogP contribution in [-0.4, -0.2) is 14.8 Å². The molecule has 1 aromatic carbocycles. The topological polar surface area (TPSA) is 57.4 Å². The first-order valence-electron chi connectivity index (χ1n) is 5.28. The van der Waals surface area contributed by atoms with Crippen molar-refractivity contribution in [2.75, 3.05) is 0 Å². The molecule has 82 valence electrons. The van der Waals surface area contributed by atoms with Crippen LogP contribution in [0.3, 0.4) is 0 Å². The molecule has 0 aliphatic carbocycles. The molecule has 2 aromatic heterocycles. The molecular weight excluding hydrogens is 212 g/mol. The Bertz CT molecular complexity index is 714. The number of aromatic nitrogens is 3. The second-order valence-electron chi connectivity index (χ2n) is 3.96. The summed E-state index contributed by atoms with van der Waals surface area (Å²) >= 11 is 0. The Labute approximate surface area is 98.1 Å². The van der Waals surface area contributed by atoms with Crippen LogP contribution < -0.4 is 0 Å². The molecule has 0 aliphatic heterocycles. The van der Waals surface area contributed by atoms with E-state index >= 15 is 0 Å². The van der Waals surface area contributed by atoms with Gasteiger partial charge in [0.05, 0.1) is 23.5 Å². The fourth-order valence-corrected chi connectivity index (χ4v) is 2.09. The van der Waals surface area contributed by atoms with Gasteiger partial charge in [-0.15, -0.1) is 0 Å². The molecule has 0 aliphatic rings. The minimum Gasteiger partial charge on any atom is -0.344 e. The minimum absolute atomic E-state index is 0.682. The summed E-state index contributed by atoms with van der Waals surface area (Å²) in [7, 11) is 2.01. The van der Waals surface area contributed by atoms with Gasteiger partial charge in [0, 0.05) is 29.7 Å². The van der Waals surface area contributed by atoms with Crippen molar-refractivity contribution in [2.24, 2.45) is 7.05 Å². The van der Waals surface area contributed by atoms with E-state index in [1.165, 1.54) is 0 Å². The van der Waals surface area contributed by atoms with Crippen molar-refractivity contribution in [3.05, 3.63) is 42.2 Å². The molecule has 0 atom stereocenters. The van der Waals surface area contributed by atoms with E-state index in [0.29, 0.717) is 5.56 Å². The zero-order chi connectivity index (χ0) is 11.8. The summed E-state index contributed by atoms with van der Waals surface area (Å²) in [5.41, 5.74) is 3.92. The molecule has 4 nitrogen and oxygen atoms in total. The van der Waals surface area contributed by atoms with Gasteiger partial charge in [0.2, 0.25) is 0 Å². The van der Waals surface area contributed by atoms with Crippen molar-refractivity contribution in [1.29, 1.82) is 5.26 Å². The molecule has 0 unspecified atom stereocenters. The van der Waals surface area contributed by atoms with E-state index < -0.39 is 0 Å². The average molecular weight is 222 g/mol. The Hall–Kier alpha value is -2.54. The maximum Gasteiger partial charge on any atom is 0.0991 e. The highest BCUT2D eigenvalue weighted by Gasteiger charge is 2.08. The highest BCUT2D eigenvalue weighted by atomic mass is 15.1. The Morgan fingerprint density at radius 1 is 1.35 bits per heavy atom. The largest absolute Gasteiger partial charge is 0.344 e. The van der Waals surface area contributed by atoms with E-state index in [1.807, 2.05) is 31.4 Å². The van der Waals surface area contributed by atoms with Gasteiger partial charge in [0.15, 0.2) is 0 Å². The van der Waals surface area contributed by atoms with Gasteiger partial charge in [0.1, 0.15) is 0 Å². The number of hydrogen-bond acceptors (Lipinski definition) is 2. The molecule has 1 N–H and O–H groups in total. The average Bonchev–Trinajstić information content (AvgIpc) is 2.97. The second-order valence-corrected chi connectivity index (χ2v) is 3.96. The SMILES string of the molecule is Cn1c(-c2cn[nH]c2)cc2cc(C#N)ccc21. The molecule has 4 heteroatoms. The molecule has 0 radical (unpaired) electrons. The van der Waals surface area contributed by atoms with E-state index in [2.05, 4.69) is 26.9 Å². The van der Waals surface area contributed by atoms with Crippen molar-refractivity contribution in [1.82, 2.24) is 14.8 Å². The molecular formula is C13H10N4. The highest BCUT2D eigenvalue weighted by Crippen LogP contribution is 2.26. The summed E-state index contributed by atoms with van der Waals surface area (Å²) in [6.45, 7) is 0. The van der Waals surface area contributed by atoms with Crippen molar-refractivity contribution >= 4 is 10.9 Å². The predicted octanol–water partition coefficient (Wildman–Crippen LogP) is 2.44. The molecule has 0 spiro atoms. The summed E-state index contributed by atoms with van der Waals surface area (Å²) in [5.74, 6) is 0. The van der Waals surface area contributed by atoms with Crippen LogP contribution >= 0.6 is 0 Å². The van der Waals surface area contributed by atoms with Crippen LogP contribution in [0.5, 0.6) is 0 Å². The lowest BCUT2D eigenvalue weighted by atomic mass is 10.1. The molecule has 2 heterocycles. The van der Waals surface area contributed by atoms with Crippen LogP contribution in [0.2, 0.25) is 0 Å². The smallest absolute Gasteiger partial charge is 0.0991 e. The summed E-state index contributed by atoms with van der Waals surface area (Å²) in [6, 6.07) is 9.93. The lowest BCUT2D eigenvalue weighted by Gasteiger charge is -2.00. The maximum atomic E-state index is 8.89. The number of rotatable bonds is 1. The fourth-order valence-electron chi connectivity index (χ4n) is 2.09. The number of nitriles is 1. The lowest BCUT2D eigenvalue weighted by molar-refractivity contribution is 0.978. The zero-order valence-electron chi connectivity index (χ0n) is 9.31. The number of benzene rings is 1. The molecule has 0 saturated heterocycles. The van der Waals surface area contributed by atoms with Gasteiger partial charge in [0.25, 0.3) is 0 Å². The van der Waals surface area contributed by atoms with E-state index in [4.69, 9.17) is 5.26 Å². The van der Waals surface area contributed by atoms with Gasteiger partial charge in [-0.25, -0.2) is 0 Å². The van der Waals surface area contributed by atoms with Crippen LogP contribution in [0.1, 0.15) is 5.56 Å². The van der Waals surface area contributed by atoms with Crippen LogP contribution in [0.15, 0.2) is 36.7 Å². The Kier molecular flexibility index (Phi) is 1.99. The molecule has 17 heavy (non-hydrogen) atoms.